The van der Waals surface area contributed by atoms with Crippen LogP contribution in [0.4, 0.5) is 0 Å². The zero-order valence-corrected chi connectivity index (χ0v) is 15.9. The summed E-state index contributed by atoms with van der Waals surface area (Å²) >= 11 is 0. The number of Topliss-reactive ketones (excluding diaryl/α,β-unsaturated/α-hetero) is 1. The number of dihydropyridines is 1. The molecule has 0 amide bonds. The van der Waals surface area contributed by atoms with E-state index in [4.69, 9.17) is 4.74 Å². The maximum Gasteiger partial charge on any atom is 0.336 e. The van der Waals surface area contributed by atoms with Crippen LogP contribution in [0.15, 0.2) is 77.4 Å². The topological polar surface area (TPSA) is 68.3 Å². The molecule has 0 saturated carbocycles. The number of methoxy groups -OCH3 is 1. The summed E-state index contributed by atoms with van der Waals surface area (Å²) < 4.78 is 5.03. The van der Waals surface area contributed by atoms with E-state index in [1.54, 1.807) is 12.4 Å². The lowest BCUT2D eigenvalue weighted by atomic mass is 9.72. The number of carbonyl (C=O) groups excluding carboxylic acids is 2. The Labute approximate surface area is 164 Å². The lowest BCUT2D eigenvalue weighted by Crippen LogP contribution is -2.36. The minimum atomic E-state index is -0.434. The summed E-state index contributed by atoms with van der Waals surface area (Å²) in [6.45, 7) is 1.86. The predicted molar refractivity (Wildman–Crippen MR) is 105 cm³/mol. The second-order valence-electron chi connectivity index (χ2n) is 7.20. The number of esters is 1. The van der Waals surface area contributed by atoms with Crippen LogP contribution in [0.2, 0.25) is 0 Å². The molecule has 0 radical (unpaired) electrons. The fourth-order valence-electron chi connectivity index (χ4n) is 4.27. The van der Waals surface area contributed by atoms with Gasteiger partial charge in [0.15, 0.2) is 5.78 Å². The molecule has 1 aliphatic heterocycles. The molecule has 28 heavy (non-hydrogen) atoms. The van der Waals surface area contributed by atoms with Crippen molar-refractivity contribution in [2.75, 3.05) is 7.11 Å². The summed E-state index contributed by atoms with van der Waals surface area (Å²) in [6, 6.07) is 13.8. The van der Waals surface area contributed by atoms with Crippen molar-refractivity contribution >= 4 is 11.8 Å². The normalized spacial score (nSPS) is 21.9. The van der Waals surface area contributed by atoms with E-state index in [0.29, 0.717) is 17.6 Å². The lowest BCUT2D eigenvalue weighted by Gasteiger charge is -2.36. The maximum atomic E-state index is 13.3. The summed E-state index contributed by atoms with van der Waals surface area (Å²) in [6.07, 6.45) is 4.53. The van der Waals surface area contributed by atoms with E-state index in [2.05, 4.69) is 22.4 Å². The highest BCUT2D eigenvalue weighted by Crippen LogP contribution is 2.45. The van der Waals surface area contributed by atoms with Gasteiger partial charge in [0.2, 0.25) is 0 Å². The van der Waals surface area contributed by atoms with E-state index in [9.17, 15) is 9.59 Å². The molecule has 1 aromatic heterocycles. The number of rotatable bonds is 3. The molecule has 2 aliphatic rings. The van der Waals surface area contributed by atoms with Crippen LogP contribution in [-0.2, 0) is 14.3 Å². The summed E-state index contributed by atoms with van der Waals surface area (Å²) in [5.74, 6) is -0.656. The summed E-state index contributed by atoms with van der Waals surface area (Å²) in [4.78, 5) is 29.9. The third-order valence-corrected chi connectivity index (χ3v) is 5.54. The highest BCUT2D eigenvalue weighted by Gasteiger charge is 2.41. The Kier molecular flexibility index (Phi) is 4.82. The molecular weight excluding hydrogens is 352 g/mol. The average Bonchev–Trinajstić information content (AvgIpc) is 2.73. The highest BCUT2D eigenvalue weighted by atomic mass is 16.5. The van der Waals surface area contributed by atoms with Gasteiger partial charge in [0.1, 0.15) is 0 Å². The predicted octanol–water partition coefficient (Wildman–Crippen LogP) is 3.62. The number of nitrogens with one attached hydrogen (secondary N) is 1. The number of pyridine rings is 1. The first kappa shape index (κ1) is 18.2. The molecule has 0 fully saturated rings. The van der Waals surface area contributed by atoms with Crippen LogP contribution in [0.5, 0.6) is 0 Å². The number of carbonyl (C=O) groups is 2. The van der Waals surface area contributed by atoms with Gasteiger partial charge in [-0.1, -0.05) is 30.3 Å². The Balaban J connectivity index is 1.81. The van der Waals surface area contributed by atoms with Gasteiger partial charge < -0.3 is 10.1 Å². The number of allylic oxidation sites excluding steroid dienone is 3. The highest BCUT2D eigenvalue weighted by molar-refractivity contribution is 6.04. The van der Waals surface area contributed by atoms with E-state index in [0.717, 1.165) is 28.9 Å². The van der Waals surface area contributed by atoms with Crippen molar-refractivity contribution < 1.29 is 14.3 Å². The molecule has 0 saturated heterocycles. The van der Waals surface area contributed by atoms with Crippen LogP contribution in [0.3, 0.4) is 0 Å². The Morgan fingerprint density at radius 1 is 1.07 bits per heavy atom. The molecular formula is C23H22N2O3. The smallest absolute Gasteiger partial charge is 0.336 e. The van der Waals surface area contributed by atoms with Gasteiger partial charge in [-0.05, 0) is 42.5 Å². The third kappa shape index (κ3) is 3.13. The van der Waals surface area contributed by atoms with Crippen molar-refractivity contribution in [1.82, 2.24) is 10.3 Å². The standard InChI is InChI=1S/C23H22N2O3/c1-14-20(23(27)28-2)21(16-8-10-24-11-9-16)22-18(25-14)12-17(13-19(22)26)15-6-4-3-5-7-15/h3-11,17,21,25H,12-13H2,1-2H3/t17-,21+/m0/s1. The summed E-state index contributed by atoms with van der Waals surface area (Å²) in [5, 5.41) is 3.34. The number of nitrogens with zero attached hydrogens (tertiary/aromatic N) is 1. The van der Waals surface area contributed by atoms with Gasteiger partial charge in [-0.3, -0.25) is 9.78 Å². The summed E-state index contributed by atoms with van der Waals surface area (Å²) in [5.41, 5.74) is 4.81. The molecule has 142 valence electrons. The molecule has 4 rings (SSSR count). The van der Waals surface area contributed by atoms with Gasteiger partial charge in [0, 0.05) is 41.7 Å². The van der Waals surface area contributed by atoms with Crippen LogP contribution in [-0.4, -0.2) is 23.8 Å². The number of benzene rings is 1. The first-order valence-corrected chi connectivity index (χ1v) is 9.37. The Morgan fingerprint density at radius 2 is 1.79 bits per heavy atom. The first-order valence-electron chi connectivity index (χ1n) is 9.37. The fraction of sp³-hybridized carbons (Fsp3) is 0.261. The second kappa shape index (κ2) is 7.43. The first-order chi connectivity index (χ1) is 13.6. The molecule has 2 aromatic rings. The minimum absolute atomic E-state index is 0.0679. The second-order valence-corrected chi connectivity index (χ2v) is 7.20. The maximum absolute atomic E-state index is 13.3. The van der Waals surface area contributed by atoms with Crippen molar-refractivity contribution in [3.63, 3.8) is 0 Å². The summed E-state index contributed by atoms with van der Waals surface area (Å²) in [7, 11) is 1.37. The van der Waals surface area contributed by atoms with E-state index in [1.165, 1.54) is 7.11 Å². The van der Waals surface area contributed by atoms with Crippen LogP contribution in [0, 0.1) is 0 Å². The van der Waals surface area contributed by atoms with Crippen molar-refractivity contribution in [2.24, 2.45) is 0 Å². The Morgan fingerprint density at radius 3 is 2.46 bits per heavy atom. The van der Waals surface area contributed by atoms with Crippen molar-refractivity contribution in [3.05, 3.63) is 88.5 Å². The zero-order valence-electron chi connectivity index (χ0n) is 15.9. The SMILES string of the molecule is COC(=O)C1=C(C)NC2=C(C(=O)C[C@@H](c3ccccc3)C2)[C@@H]1c1ccncc1. The molecule has 2 atom stereocenters. The van der Waals surface area contributed by atoms with Crippen LogP contribution < -0.4 is 5.32 Å². The van der Waals surface area contributed by atoms with Crippen molar-refractivity contribution in [3.8, 4) is 0 Å². The minimum Gasteiger partial charge on any atom is -0.466 e. The molecule has 5 nitrogen and oxygen atoms in total. The number of ketones is 1. The monoisotopic (exact) mass is 374 g/mol. The van der Waals surface area contributed by atoms with Gasteiger partial charge in [-0.25, -0.2) is 4.79 Å². The van der Waals surface area contributed by atoms with E-state index in [-0.39, 0.29) is 11.7 Å². The molecule has 1 N–H and O–H groups in total. The third-order valence-electron chi connectivity index (χ3n) is 5.54. The molecule has 1 aromatic carbocycles. The van der Waals surface area contributed by atoms with E-state index < -0.39 is 11.9 Å². The lowest BCUT2D eigenvalue weighted by molar-refractivity contribution is -0.136. The molecule has 0 spiro atoms. The van der Waals surface area contributed by atoms with Gasteiger partial charge in [0.25, 0.3) is 0 Å². The Bertz CT molecular complexity index is 977. The van der Waals surface area contributed by atoms with Gasteiger partial charge in [-0.2, -0.15) is 0 Å². The van der Waals surface area contributed by atoms with Crippen LogP contribution >= 0.6 is 0 Å². The number of hydrogen-bond acceptors (Lipinski definition) is 5. The fourth-order valence-corrected chi connectivity index (χ4v) is 4.27. The van der Waals surface area contributed by atoms with E-state index >= 15 is 0 Å². The quantitative estimate of drug-likeness (QED) is 0.831. The van der Waals surface area contributed by atoms with Gasteiger partial charge >= 0.3 is 5.97 Å². The van der Waals surface area contributed by atoms with Gasteiger partial charge in [0.05, 0.1) is 12.7 Å². The van der Waals surface area contributed by atoms with Crippen molar-refractivity contribution in [2.45, 2.75) is 31.6 Å². The van der Waals surface area contributed by atoms with Gasteiger partial charge in [-0.15, -0.1) is 0 Å². The zero-order chi connectivity index (χ0) is 19.7. The Hall–Kier alpha value is -3.21. The van der Waals surface area contributed by atoms with Crippen LogP contribution in [0.1, 0.15) is 42.7 Å². The van der Waals surface area contributed by atoms with Crippen LogP contribution in [0.25, 0.3) is 0 Å². The average molecular weight is 374 g/mol. The number of hydrogen-bond donors (Lipinski definition) is 1. The molecule has 5 heteroatoms. The van der Waals surface area contributed by atoms with E-state index in [1.807, 2.05) is 37.3 Å². The molecule has 1 aliphatic carbocycles. The largest absolute Gasteiger partial charge is 0.466 e. The molecule has 2 heterocycles. The molecule has 0 unspecified atom stereocenters. The number of aromatic nitrogens is 1. The van der Waals surface area contributed by atoms with Crippen molar-refractivity contribution in [1.29, 1.82) is 0 Å². The number of ether oxygens (including phenoxy) is 1. The molecule has 0 bridgehead atoms.